The van der Waals surface area contributed by atoms with Gasteiger partial charge in [0.2, 0.25) is 5.91 Å². The van der Waals surface area contributed by atoms with Crippen LogP contribution in [0.4, 0.5) is 0 Å². The van der Waals surface area contributed by atoms with Crippen molar-refractivity contribution in [2.24, 2.45) is 0 Å². The largest absolute Gasteiger partial charge is 0.345 e. The number of nitrogens with one attached hydrogen (secondary N) is 2. The average Bonchev–Trinajstić information content (AvgIpc) is 2.92. The minimum Gasteiger partial charge on any atom is -0.345 e. The first-order valence-electron chi connectivity index (χ1n) is 7.09. The Morgan fingerprint density at radius 3 is 3.15 bits per heavy atom. The van der Waals surface area contributed by atoms with Gasteiger partial charge in [-0.05, 0) is 38.4 Å². The molecule has 3 rings (SSSR count). The quantitative estimate of drug-likeness (QED) is 0.877. The molecule has 0 aliphatic carbocycles. The van der Waals surface area contributed by atoms with Gasteiger partial charge >= 0.3 is 0 Å². The van der Waals surface area contributed by atoms with Gasteiger partial charge in [-0.15, -0.1) is 10.2 Å². The fourth-order valence-electron chi connectivity index (χ4n) is 2.61. The molecule has 106 valence electrons. The maximum absolute atomic E-state index is 12.2. The highest BCUT2D eigenvalue weighted by Gasteiger charge is 2.23. The zero-order valence-electron chi connectivity index (χ0n) is 11.5. The number of piperidine rings is 1. The molecule has 6 heteroatoms. The Kier molecular flexibility index (Phi) is 3.64. The van der Waals surface area contributed by atoms with E-state index in [2.05, 4.69) is 20.8 Å². The van der Waals surface area contributed by atoms with Crippen molar-refractivity contribution in [2.45, 2.75) is 38.3 Å². The Labute approximate surface area is 117 Å². The number of carbonyl (C=O) groups is 1. The van der Waals surface area contributed by atoms with Gasteiger partial charge in [0.15, 0.2) is 11.5 Å². The number of rotatable bonds is 3. The van der Waals surface area contributed by atoms with Gasteiger partial charge in [-0.25, -0.2) is 0 Å². The van der Waals surface area contributed by atoms with Crippen molar-refractivity contribution in [3.05, 3.63) is 30.2 Å². The minimum absolute atomic E-state index is 0.0462. The SMILES string of the molecule is CC(NC(=O)[C@H]1CCCCN1)c1nnc2ccccn12. The summed E-state index contributed by atoms with van der Waals surface area (Å²) < 4.78 is 1.90. The van der Waals surface area contributed by atoms with Crippen LogP contribution < -0.4 is 10.6 Å². The lowest BCUT2D eigenvalue weighted by Crippen LogP contribution is -2.47. The highest BCUT2D eigenvalue weighted by molar-refractivity contribution is 5.82. The van der Waals surface area contributed by atoms with Crippen LogP contribution in [0.3, 0.4) is 0 Å². The van der Waals surface area contributed by atoms with Crippen LogP contribution in [0.1, 0.15) is 38.1 Å². The minimum atomic E-state index is -0.163. The highest BCUT2D eigenvalue weighted by Crippen LogP contribution is 2.13. The monoisotopic (exact) mass is 273 g/mol. The third-order valence-corrected chi connectivity index (χ3v) is 3.71. The van der Waals surface area contributed by atoms with Gasteiger partial charge in [0.1, 0.15) is 0 Å². The van der Waals surface area contributed by atoms with Crippen molar-refractivity contribution in [3.8, 4) is 0 Å². The Bertz CT molecular complexity index is 602. The molecule has 0 aromatic carbocycles. The summed E-state index contributed by atoms with van der Waals surface area (Å²) in [5, 5.41) is 14.5. The zero-order chi connectivity index (χ0) is 13.9. The van der Waals surface area contributed by atoms with Crippen molar-refractivity contribution in [2.75, 3.05) is 6.54 Å². The number of hydrogen-bond acceptors (Lipinski definition) is 4. The van der Waals surface area contributed by atoms with E-state index in [4.69, 9.17) is 0 Å². The summed E-state index contributed by atoms with van der Waals surface area (Å²) in [5.41, 5.74) is 0.791. The number of carbonyl (C=O) groups excluding carboxylic acids is 1. The Hall–Kier alpha value is -1.95. The van der Waals surface area contributed by atoms with Gasteiger partial charge in [-0.2, -0.15) is 0 Å². The standard InChI is InChI=1S/C14H19N5O/c1-10(16-14(20)11-6-2-4-8-15-11)13-18-17-12-7-3-5-9-19(12)13/h3,5,7,9-11,15H,2,4,6,8H2,1H3,(H,16,20)/t10?,11-/m1/s1. The average molecular weight is 273 g/mol. The predicted octanol–water partition coefficient (Wildman–Crippen LogP) is 1.05. The first-order valence-corrected chi connectivity index (χ1v) is 7.09. The van der Waals surface area contributed by atoms with Crippen LogP contribution >= 0.6 is 0 Å². The Balaban J connectivity index is 1.72. The molecule has 1 fully saturated rings. The molecule has 0 spiro atoms. The second kappa shape index (κ2) is 5.58. The molecule has 1 unspecified atom stereocenters. The van der Waals surface area contributed by atoms with Crippen LogP contribution in [0.5, 0.6) is 0 Å². The van der Waals surface area contributed by atoms with Crippen LogP contribution in [0.15, 0.2) is 24.4 Å². The molecule has 0 saturated carbocycles. The van der Waals surface area contributed by atoms with Crippen molar-refractivity contribution in [1.82, 2.24) is 25.2 Å². The molecule has 1 aliphatic rings. The molecule has 6 nitrogen and oxygen atoms in total. The Morgan fingerprint density at radius 2 is 2.35 bits per heavy atom. The number of pyridine rings is 1. The lowest BCUT2D eigenvalue weighted by molar-refractivity contribution is -0.124. The molecule has 1 saturated heterocycles. The summed E-state index contributed by atoms with van der Waals surface area (Å²) >= 11 is 0. The topological polar surface area (TPSA) is 71.3 Å². The summed E-state index contributed by atoms with van der Waals surface area (Å²) in [5.74, 6) is 0.801. The third-order valence-electron chi connectivity index (χ3n) is 3.71. The lowest BCUT2D eigenvalue weighted by Gasteiger charge is -2.24. The van der Waals surface area contributed by atoms with Gasteiger partial charge in [0, 0.05) is 6.20 Å². The molecule has 3 heterocycles. The lowest BCUT2D eigenvalue weighted by atomic mass is 10.0. The van der Waals surface area contributed by atoms with Gasteiger partial charge in [-0.3, -0.25) is 9.20 Å². The summed E-state index contributed by atoms with van der Waals surface area (Å²) in [4.78, 5) is 12.2. The van der Waals surface area contributed by atoms with Gasteiger partial charge in [0.05, 0.1) is 12.1 Å². The molecule has 2 aromatic rings. The molecular weight excluding hydrogens is 254 g/mol. The summed E-state index contributed by atoms with van der Waals surface area (Å²) in [6, 6.07) is 5.50. The van der Waals surface area contributed by atoms with Crippen LogP contribution in [0, 0.1) is 0 Å². The van der Waals surface area contributed by atoms with E-state index < -0.39 is 0 Å². The van der Waals surface area contributed by atoms with Crippen LogP contribution in [-0.2, 0) is 4.79 Å². The molecule has 0 bridgehead atoms. The smallest absolute Gasteiger partial charge is 0.237 e. The summed E-state index contributed by atoms with van der Waals surface area (Å²) in [6.45, 7) is 2.85. The second-order valence-corrected chi connectivity index (χ2v) is 5.22. The molecule has 20 heavy (non-hydrogen) atoms. The molecule has 1 amide bonds. The van der Waals surface area contributed by atoms with E-state index >= 15 is 0 Å². The number of hydrogen-bond donors (Lipinski definition) is 2. The number of aromatic nitrogens is 3. The van der Waals surface area contributed by atoms with Gasteiger partial charge in [0.25, 0.3) is 0 Å². The highest BCUT2D eigenvalue weighted by atomic mass is 16.2. The third kappa shape index (κ3) is 2.51. The molecular formula is C14H19N5O. The molecule has 0 radical (unpaired) electrons. The summed E-state index contributed by atoms with van der Waals surface area (Å²) in [6.07, 6.45) is 5.06. The normalized spacial score (nSPS) is 20.8. The van der Waals surface area contributed by atoms with E-state index in [0.29, 0.717) is 0 Å². The first-order chi connectivity index (χ1) is 9.75. The second-order valence-electron chi connectivity index (χ2n) is 5.22. The van der Waals surface area contributed by atoms with Crippen molar-refractivity contribution >= 4 is 11.6 Å². The molecule has 2 atom stereocenters. The van der Waals surface area contributed by atoms with E-state index in [1.807, 2.05) is 35.7 Å². The van der Waals surface area contributed by atoms with Crippen molar-refractivity contribution in [3.63, 3.8) is 0 Å². The van der Waals surface area contributed by atoms with Crippen LogP contribution in [0.2, 0.25) is 0 Å². The molecule has 2 N–H and O–H groups in total. The van der Waals surface area contributed by atoms with E-state index in [9.17, 15) is 4.79 Å². The number of nitrogens with zero attached hydrogens (tertiary/aromatic N) is 3. The van der Waals surface area contributed by atoms with E-state index in [1.165, 1.54) is 0 Å². The van der Waals surface area contributed by atoms with Crippen molar-refractivity contribution in [1.29, 1.82) is 0 Å². The van der Waals surface area contributed by atoms with Crippen LogP contribution in [0.25, 0.3) is 5.65 Å². The molecule has 1 aliphatic heterocycles. The first kappa shape index (κ1) is 13.1. The van der Waals surface area contributed by atoms with Crippen molar-refractivity contribution < 1.29 is 4.79 Å². The van der Waals surface area contributed by atoms with Gasteiger partial charge < -0.3 is 10.6 Å². The number of fused-ring (bicyclic) bond motifs is 1. The van der Waals surface area contributed by atoms with E-state index in [0.717, 1.165) is 37.3 Å². The maximum atomic E-state index is 12.2. The van der Waals surface area contributed by atoms with E-state index in [-0.39, 0.29) is 18.0 Å². The van der Waals surface area contributed by atoms with Crippen LogP contribution in [-0.4, -0.2) is 33.1 Å². The fourth-order valence-corrected chi connectivity index (χ4v) is 2.61. The zero-order valence-corrected chi connectivity index (χ0v) is 11.5. The van der Waals surface area contributed by atoms with E-state index in [1.54, 1.807) is 0 Å². The number of amides is 1. The predicted molar refractivity (Wildman–Crippen MR) is 75.2 cm³/mol. The fraction of sp³-hybridized carbons (Fsp3) is 0.500. The summed E-state index contributed by atoms with van der Waals surface area (Å²) in [7, 11) is 0. The Morgan fingerprint density at radius 1 is 1.45 bits per heavy atom. The maximum Gasteiger partial charge on any atom is 0.237 e. The van der Waals surface area contributed by atoms with Gasteiger partial charge in [-0.1, -0.05) is 12.5 Å². The molecule has 2 aromatic heterocycles.